The molecular weight excluding hydrogens is 288 g/mol. The summed E-state index contributed by atoms with van der Waals surface area (Å²) >= 11 is 1.43. The predicted molar refractivity (Wildman–Crippen MR) is 83.1 cm³/mol. The van der Waals surface area contributed by atoms with Gasteiger partial charge in [0.1, 0.15) is 11.5 Å². The fourth-order valence-corrected chi connectivity index (χ4v) is 2.75. The number of hydrogen-bond donors (Lipinski definition) is 1. The molecule has 0 atom stereocenters. The number of carbonyl (C=O) groups excluding carboxylic acids is 1. The van der Waals surface area contributed by atoms with E-state index in [9.17, 15) is 9.59 Å². The van der Waals surface area contributed by atoms with Crippen LogP contribution < -0.4 is 4.74 Å². The van der Waals surface area contributed by atoms with E-state index in [4.69, 9.17) is 9.84 Å². The van der Waals surface area contributed by atoms with Crippen LogP contribution in [0, 0.1) is 0 Å². The summed E-state index contributed by atoms with van der Waals surface area (Å²) in [5, 5.41) is 10.7. The van der Waals surface area contributed by atoms with Crippen molar-refractivity contribution < 1.29 is 19.4 Å². The summed E-state index contributed by atoms with van der Waals surface area (Å²) in [5.41, 5.74) is 0. The second-order valence-corrected chi connectivity index (χ2v) is 5.64. The minimum atomic E-state index is -0.937. The first-order valence-electron chi connectivity index (χ1n) is 6.52. The zero-order chi connectivity index (χ0) is 15.2. The first-order valence-corrected chi connectivity index (χ1v) is 7.51. The van der Waals surface area contributed by atoms with Gasteiger partial charge in [0.15, 0.2) is 0 Å². The maximum absolute atomic E-state index is 11.6. The number of methoxy groups -OCH3 is 1. The van der Waals surface area contributed by atoms with Crippen LogP contribution in [0.25, 0.3) is 10.8 Å². The Kier molecular flexibility index (Phi) is 5.22. The van der Waals surface area contributed by atoms with Crippen LogP contribution in [-0.4, -0.2) is 29.7 Å². The lowest BCUT2D eigenvalue weighted by molar-refractivity contribution is -0.138. The van der Waals surface area contributed by atoms with E-state index in [0.29, 0.717) is 5.75 Å². The molecule has 2 aromatic rings. The van der Waals surface area contributed by atoms with Crippen molar-refractivity contribution in [3.63, 3.8) is 0 Å². The average molecular weight is 304 g/mol. The maximum atomic E-state index is 11.6. The number of fused-ring (bicyclic) bond motifs is 1. The first-order chi connectivity index (χ1) is 10.1. The number of benzene rings is 2. The normalized spacial score (nSPS) is 10.5. The van der Waals surface area contributed by atoms with Crippen LogP contribution in [0.1, 0.15) is 12.8 Å². The van der Waals surface area contributed by atoms with E-state index in [1.807, 2.05) is 36.4 Å². The van der Waals surface area contributed by atoms with E-state index in [0.717, 1.165) is 21.4 Å². The van der Waals surface area contributed by atoms with Gasteiger partial charge >= 0.3 is 5.97 Å². The molecule has 21 heavy (non-hydrogen) atoms. The van der Waals surface area contributed by atoms with E-state index in [2.05, 4.69) is 0 Å². The number of ketones is 1. The third kappa shape index (κ3) is 4.49. The van der Waals surface area contributed by atoms with Gasteiger partial charge in [-0.05, 0) is 35.0 Å². The van der Waals surface area contributed by atoms with E-state index in [1.165, 1.54) is 11.8 Å². The fraction of sp³-hybridized carbons (Fsp3) is 0.250. The monoisotopic (exact) mass is 304 g/mol. The van der Waals surface area contributed by atoms with Crippen molar-refractivity contribution in [2.75, 3.05) is 12.9 Å². The van der Waals surface area contributed by atoms with Gasteiger partial charge in [0, 0.05) is 11.3 Å². The Balaban J connectivity index is 1.99. The number of thioether (sulfide) groups is 1. The number of carboxylic acid groups (broad SMARTS) is 1. The lowest BCUT2D eigenvalue weighted by Gasteiger charge is -2.05. The number of carbonyl (C=O) groups is 2. The number of rotatable bonds is 7. The summed E-state index contributed by atoms with van der Waals surface area (Å²) in [4.78, 5) is 23.0. The van der Waals surface area contributed by atoms with Gasteiger partial charge < -0.3 is 9.84 Å². The standard InChI is InChI=1S/C16H16O4S/c1-20-14-5-2-12-9-15(6-3-11(12)8-14)21-10-13(17)4-7-16(18)19/h2-3,5-6,8-9H,4,7,10H2,1H3,(H,18,19). The molecule has 2 rings (SSSR count). The summed E-state index contributed by atoms with van der Waals surface area (Å²) < 4.78 is 5.18. The molecule has 0 amide bonds. The smallest absolute Gasteiger partial charge is 0.303 e. The number of Topliss-reactive ketones (excluding diaryl/α,β-unsaturated/α-hetero) is 1. The van der Waals surface area contributed by atoms with Gasteiger partial charge in [0.25, 0.3) is 0 Å². The maximum Gasteiger partial charge on any atom is 0.303 e. The summed E-state index contributed by atoms with van der Waals surface area (Å²) in [6.45, 7) is 0. The van der Waals surface area contributed by atoms with Gasteiger partial charge in [-0.2, -0.15) is 0 Å². The number of hydrogen-bond acceptors (Lipinski definition) is 4. The predicted octanol–water partition coefficient (Wildman–Crippen LogP) is 3.37. The molecule has 0 aliphatic rings. The molecule has 0 saturated carbocycles. The third-order valence-electron chi connectivity index (χ3n) is 3.04. The lowest BCUT2D eigenvalue weighted by Crippen LogP contribution is -2.05. The quantitative estimate of drug-likeness (QED) is 0.795. The molecule has 0 unspecified atom stereocenters. The van der Waals surface area contributed by atoms with E-state index >= 15 is 0 Å². The van der Waals surface area contributed by atoms with Crippen molar-refractivity contribution in [3.8, 4) is 5.75 Å². The van der Waals surface area contributed by atoms with Crippen LogP contribution in [0.15, 0.2) is 41.3 Å². The zero-order valence-electron chi connectivity index (χ0n) is 11.7. The lowest BCUT2D eigenvalue weighted by atomic mass is 10.1. The van der Waals surface area contributed by atoms with Crippen LogP contribution in [0.3, 0.4) is 0 Å². The Morgan fingerprint density at radius 3 is 2.52 bits per heavy atom. The van der Waals surface area contributed by atoms with Gasteiger partial charge in [-0.25, -0.2) is 0 Å². The zero-order valence-corrected chi connectivity index (χ0v) is 12.5. The molecule has 1 N–H and O–H groups in total. The molecule has 0 fully saturated rings. The third-order valence-corrected chi connectivity index (χ3v) is 4.09. The van der Waals surface area contributed by atoms with Crippen LogP contribution >= 0.6 is 11.8 Å². The Labute approximate surface area is 127 Å². The van der Waals surface area contributed by atoms with Crippen LogP contribution in [0.4, 0.5) is 0 Å². The first kappa shape index (κ1) is 15.4. The van der Waals surface area contributed by atoms with Crippen molar-refractivity contribution in [2.45, 2.75) is 17.7 Å². The summed E-state index contributed by atoms with van der Waals surface area (Å²) in [7, 11) is 1.63. The van der Waals surface area contributed by atoms with Gasteiger partial charge in [0.05, 0.1) is 19.3 Å². The SMILES string of the molecule is COc1ccc2cc(SCC(=O)CCC(=O)O)ccc2c1. The molecule has 0 aliphatic carbocycles. The number of carboxylic acids is 1. The van der Waals surface area contributed by atoms with Crippen LogP contribution in [0.2, 0.25) is 0 Å². The van der Waals surface area contributed by atoms with Gasteiger partial charge in [-0.1, -0.05) is 12.1 Å². The Morgan fingerprint density at radius 1 is 1.10 bits per heavy atom. The van der Waals surface area contributed by atoms with Crippen molar-refractivity contribution >= 4 is 34.3 Å². The van der Waals surface area contributed by atoms with Gasteiger partial charge in [-0.3, -0.25) is 9.59 Å². The highest BCUT2D eigenvalue weighted by Crippen LogP contribution is 2.26. The molecule has 0 radical (unpaired) electrons. The Morgan fingerprint density at radius 2 is 1.81 bits per heavy atom. The molecule has 0 saturated heterocycles. The molecule has 0 bridgehead atoms. The van der Waals surface area contributed by atoms with E-state index < -0.39 is 5.97 Å². The fourth-order valence-electron chi connectivity index (χ4n) is 1.90. The topological polar surface area (TPSA) is 63.6 Å². The number of ether oxygens (including phenoxy) is 1. The van der Waals surface area contributed by atoms with Crippen LogP contribution in [0.5, 0.6) is 5.75 Å². The molecule has 4 nitrogen and oxygen atoms in total. The van der Waals surface area contributed by atoms with Gasteiger partial charge in [0.2, 0.25) is 0 Å². The highest BCUT2D eigenvalue weighted by molar-refractivity contribution is 8.00. The van der Waals surface area contributed by atoms with Crippen molar-refractivity contribution in [1.82, 2.24) is 0 Å². The van der Waals surface area contributed by atoms with Crippen molar-refractivity contribution in [2.24, 2.45) is 0 Å². The van der Waals surface area contributed by atoms with Crippen molar-refractivity contribution in [3.05, 3.63) is 36.4 Å². The average Bonchev–Trinajstić information content (AvgIpc) is 2.50. The molecule has 0 aromatic heterocycles. The Hall–Kier alpha value is -2.01. The summed E-state index contributed by atoms with van der Waals surface area (Å²) in [5.74, 6) is 0.131. The summed E-state index contributed by atoms with van der Waals surface area (Å²) in [6, 6.07) is 11.8. The highest BCUT2D eigenvalue weighted by atomic mass is 32.2. The molecule has 2 aromatic carbocycles. The van der Waals surface area contributed by atoms with Crippen molar-refractivity contribution in [1.29, 1.82) is 0 Å². The molecule has 0 heterocycles. The largest absolute Gasteiger partial charge is 0.497 e. The summed E-state index contributed by atoms with van der Waals surface area (Å²) in [6.07, 6.45) is -0.00990. The minimum Gasteiger partial charge on any atom is -0.497 e. The molecule has 110 valence electrons. The second-order valence-electron chi connectivity index (χ2n) is 4.60. The van der Waals surface area contributed by atoms with E-state index in [-0.39, 0.29) is 18.6 Å². The van der Waals surface area contributed by atoms with E-state index in [1.54, 1.807) is 7.11 Å². The highest BCUT2D eigenvalue weighted by Gasteiger charge is 2.07. The minimum absolute atomic E-state index is 0.0442. The second kappa shape index (κ2) is 7.13. The molecule has 0 spiro atoms. The molecular formula is C16H16O4S. The number of aliphatic carboxylic acids is 1. The molecule has 5 heteroatoms. The van der Waals surface area contributed by atoms with Crippen LogP contribution in [-0.2, 0) is 9.59 Å². The van der Waals surface area contributed by atoms with Gasteiger partial charge in [-0.15, -0.1) is 11.8 Å². The Bertz CT molecular complexity index is 666. The molecule has 0 aliphatic heterocycles.